The molecule has 3 aromatic rings. The molecule has 1 N–H and O–H groups in total. The number of fused-ring (bicyclic) bond motifs is 1. The fraction of sp³-hybridized carbons (Fsp3) is 0.133. The maximum Gasteiger partial charge on any atom is 0.290 e. The summed E-state index contributed by atoms with van der Waals surface area (Å²) in [5, 5.41) is 12.5. The van der Waals surface area contributed by atoms with Crippen LogP contribution in [0.3, 0.4) is 0 Å². The number of nitrogens with one attached hydrogen (secondary N) is 1. The molecule has 0 aliphatic rings. The highest BCUT2D eigenvalue weighted by Crippen LogP contribution is 2.24. The van der Waals surface area contributed by atoms with Crippen LogP contribution in [-0.2, 0) is 0 Å². The lowest BCUT2D eigenvalue weighted by Gasteiger charge is -2.02. The van der Waals surface area contributed by atoms with Crippen LogP contribution in [0.25, 0.3) is 22.3 Å². The fourth-order valence-electron chi connectivity index (χ4n) is 2.12. The third-order valence-electron chi connectivity index (χ3n) is 3.02. The van der Waals surface area contributed by atoms with Crippen LogP contribution in [0.5, 0.6) is 5.75 Å². The van der Waals surface area contributed by atoms with Crippen molar-refractivity contribution in [3.63, 3.8) is 0 Å². The maximum atomic E-state index is 11.6. The number of H-pyrrole nitrogens is 1. The highest BCUT2D eigenvalue weighted by atomic mass is 16.5. The molecular weight excluding hydrogens is 240 g/mol. The van der Waals surface area contributed by atoms with Crippen LogP contribution in [0.1, 0.15) is 6.92 Å². The number of hydrogen-bond donors (Lipinski definition) is 1. The Morgan fingerprint density at radius 2 is 2.00 bits per heavy atom. The summed E-state index contributed by atoms with van der Waals surface area (Å²) in [6.45, 7) is 2.61. The zero-order valence-electron chi connectivity index (χ0n) is 10.6. The number of aromatic amines is 1. The molecule has 1 aromatic carbocycles. The Hall–Kier alpha value is -2.49. The zero-order chi connectivity index (χ0) is 13.2. The molecule has 0 aliphatic carbocycles. The number of pyridine rings is 1. The fourth-order valence-corrected chi connectivity index (χ4v) is 2.12. The summed E-state index contributed by atoms with van der Waals surface area (Å²) in [4.78, 5) is 3.14. The van der Waals surface area contributed by atoms with Crippen LogP contribution < -0.4 is 9.47 Å². The largest absolute Gasteiger partial charge is 0.711 e. The van der Waals surface area contributed by atoms with Crippen molar-refractivity contribution < 1.29 is 9.47 Å². The van der Waals surface area contributed by atoms with Gasteiger partial charge in [-0.05, 0) is 43.3 Å². The third-order valence-corrected chi connectivity index (χ3v) is 3.02. The summed E-state index contributed by atoms with van der Waals surface area (Å²) < 4.78 is 6.25. The Bertz CT molecular complexity index is 702. The molecule has 0 saturated heterocycles. The highest BCUT2D eigenvalue weighted by molar-refractivity contribution is 5.81. The van der Waals surface area contributed by atoms with E-state index in [2.05, 4.69) is 4.98 Å². The second kappa shape index (κ2) is 4.65. The molecule has 0 saturated carbocycles. The average Bonchev–Trinajstić information content (AvgIpc) is 2.85. The molecule has 0 spiro atoms. The van der Waals surface area contributed by atoms with E-state index in [1.54, 1.807) is 6.07 Å². The van der Waals surface area contributed by atoms with Gasteiger partial charge in [-0.25, -0.2) is 9.71 Å². The van der Waals surface area contributed by atoms with Gasteiger partial charge in [0, 0.05) is 11.6 Å². The van der Waals surface area contributed by atoms with Crippen LogP contribution in [0.2, 0.25) is 0 Å². The van der Waals surface area contributed by atoms with Crippen molar-refractivity contribution in [1.82, 2.24) is 4.98 Å². The van der Waals surface area contributed by atoms with Gasteiger partial charge in [0.05, 0.1) is 18.2 Å². The Kier molecular flexibility index (Phi) is 2.83. The second-order valence-electron chi connectivity index (χ2n) is 4.28. The lowest BCUT2D eigenvalue weighted by molar-refractivity contribution is -0.579. The molecule has 0 fully saturated rings. The van der Waals surface area contributed by atoms with E-state index in [0.29, 0.717) is 12.3 Å². The number of nitrogens with zero attached hydrogens (tertiary/aromatic N) is 1. The predicted molar refractivity (Wildman–Crippen MR) is 73.9 cm³/mol. The van der Waals surface area contributed by atoms with Crippen LogP contribution in [0.15, 0.2) is 48.7 Å². The first-order chi connectivity index (χ1) is 9.28. The van der Waals surface area contributed by atoms with Gasteiger partial charge in [0.25, 0.3) is 5.65 Å². The van der Waals surface area contributed by atoms with E-state index in [4.69, 9.17) is 4.74 Å². The molecule has 4 nitrogen and oxygen atoms in total. The van der Waals surface area contributed by atoms with Crippen molar-refractivity contribution in [1.29, 1.82) is 0 Å². The molecule has 0 bridgehead atoms. The molecule has 0 atom stereocenters. The van der Waals surface area contributed by atoms with E-state index >= 15 is 0 Å². The van der Waals surface area contributed by atoms with Gasteiger partial charge < -0.3 is 9.94 Å². The summed E-state index contributed by atoms with van der Waals surface area (Å²) in [7, 11) is 0. The molecule has 2 aromatic heterocycles. The molecule has 96 valence electrons. The van der Waals surface area contributed by atoms with Crippen molar-refractivity contribution in [2.45, 2.75) is 6.92 Å². The molecule has 19 heavy (non-hydrogen) atoms. The average molecular weight is 254 g/mol. The minimum atomic E-state index is 0.575. The molecule has 2 heterocycles. The summed E-state index contributed by atoms with van der Waals surface area (Å²) in [5.41, 5.74) is 2.53. The SMILES string of the molecule is CCOc1ccc(-c2cc3ccc[n+]([O-])c3[nH]2)cc1. The quantitative estimate of drug-likeness (QED) is 0.577. The van der Waals surface area contributed by atoms with E-state index in [0.717, 1.165) is 27.1 Å². The van der Waals surface area contributed by atoms with Gasteiger partial charge in [0.1, 0.15) is 11.4 Å². The highest BCUT2D eigenvalue weighted by Gasteiger charge is 2.10. The van der Waals surface area contributed by atoms with Gasteiger partial charge in [-0.15, -0.1) is 0 Å². The number of benzene rings is 1. The second-order valence-corrected chi connectivity index (χ2v) is 4.28. The van der Waals surface area contributed by atoms with E-state index in [1.165, 1.54) is 6.20 Å². The van der Waals surface area contributed by atoms with Gasteiger partial charge in [-0.3, -0.25) is 0 Å². The minimum Gasteiger partial charge on any atom is -0.711 e. The molecule has 0 aliphatic heterocycles. The predicted octanol–water partition coefficient (Wildman–Crippen LogP) is 2.87. The van der Waals surface area contributed by atoms with Gasteiger partial charge in [0.15, 0.2) is 0 Å². The molecule has 4 heteroatoms. The third kappa shape index (κ3) is 2.12. The molecule has 0 radical (unpaired) electrons. The smallest absolute Gasteiger partial charge is 0.290 e. The van der Waals surface area contributed by atoms with Gasteiger partial charge in [-0.1, -0.05) is 0 Å². The van der Waals surface area contributed by atoms with E-state index in [9.17, 15) is 5.21 Å². The van der Waals surface area contributed by atoms with Gasteiger partial charge in [-0.2, -0.15) is 0 Å². The van der Waals surface area contributed by atoms with Gasteiger partial charge in [0.2, 0.25) is 0 Å². The molecule has 3 rings (SSSR count). The van der Waals surface area contributed by atoms with Gasteiger partial charge >= 0.3 is 0 Å². The van der Waals surface area contributed by atoms with Crippen LogP contribution in [0, 0.1) is 5.21 Å². The first-order valence-electron chi connectivity index (χ1n) is 6.22. The van der Waals surface area contributed by atoms with Crippen molar-refractivity contribution in [3.8, 4) is 17.0 Å². The van der Waals surface area contributed by atoms with Crippen molar-refractivity contribution in [3.05, 3.63) is 53.9 Å². The lowest BCUT2D eigenvalue weighted by Crippen LogP contribution is -2.25. The Morgan fingerprint density at radius 1 is 1.21 bits per heavy atom. The molecule has 0 amide bonds. The van der Waals surface area contributed by atoms with E-state index < -0.39 is 0 Å². The topological polar surface area (TPSA) is 52.0 Å². The summed E-state index contributed by atoms with van der Waals surface area (Å²) >= 11 is 0. The first-order valence-corrected chi connectivity index (χ1v) is 6.22. The molecular formula is C15H14N2O2. The number of rotatable bonds is 3. The normalized spacial score (nSPS) is 10.8. The zero-order valence-corrected chi connectivity index (χ0v) is 10.6. The van der Waals surface area contributed by atoms with Crippen LogP contribution in [0.4, 0.5) is 0 Å². The van der Waals surface area contributed by atoms with Crippen LogP contribution >= 0.6 is 0 Å². The lowest BCUT2D eigenvalue weighted by atomic mass is 10.1. The summed E-state index contributed by atoms with van der Waals surface area (Å²) in [5.74, 6) is 0.848. The van der Waals surface area contributed by atoms with E-state index in [1.807, 2.05) is 43.3 Å². The number of hydrogen-bond acceptors (Lipinski definition) is 2. The number of ether oxygens (including phenoxy) is 1. The maximum absolute atomic E-state index is 11.6. The summed E-state index contributed by atoms with van der Waals surface area (Å²) in [6, 6.07) is 13.4. The first kappa shape index (κ1) is 11.6. The van der Waals surface area contributed by atoms with Crippen molar-refractivity contribution in [2.75, 3.05) is 6.61 Å². The Morgan fingerprint density at radius 3 is 2.68 bits per heavy atom. The van der Waals surface area contributed by atoms with Crippen molar-refractivity contribution >= 4 is 11.0 Å². The molecule has 0 unspecified atom stereocenters. The minimum absolute atomic E-state index is 0.575. The van der Waals surface area contributed by atoms with Crippen molar-refractivity contribution in [2.24, 2.45) is 0 Å². The number of aromatic nitrogens is 2. The van der Waals surface area contributed by atoms with E-state index in [-0.39, 0.29) is 0 Å². The Labute approximate surface area is 110 Å². The monoisotopic (exact) mass is 254 g/mol. The Balaban J connectivity index is 2.01. The summed E-state index contributed by atoms with van der Waals surface area (Å²) in [6.07, 6.45) is 1.49. The standard InChI is InChI=1S/C15H14N2O2/c1-2-19-13-7-5-11(6-8-13)14-10-12-4-3-9-17(18)15(12)16-14/h3-10,16H,2H2,1H3. The van der Waals surface area contributed by atoms with Crippen LogP contribution in [-0.4, -0.2) is 11.6 Å².